The first-order valence-electron chi connectivity index (χ1n) is 18.5. The van der Waals surface area contributed by atoms with Gasteiger partial charge in [0.1, 0.15) is 0 Å². The Kier molecular flexibility index (Phi) is 7.70. The summed E-state index contributed by atoms with van der Waals surface area (Å²) in [4.78, 5) is 4.77. The molecule has 0 saturated heterocycles. The molecule has 0 N–H and O–H groups in total. The van der Waals surface area contributed by atoms with Gasteiger partial charge >= 0.3 is 0 Å². The molecule has 0 amide bonds. The van der Waals surface area contributed by atoms with Crippen molar-refractivity contribution in [3.8, 4) is 16.8 Å². The van der Waals surface area contributed by atoms with E-state index in [1.807, 2.05) is 0 Å². The van der Waals surface area contributed by atoms with Gasteiger partial charge in [0.2, 0.25) is 0 Å². The Morgan fingerprint density at radius 2 is 0.833 bits per heavy atom. The molecular formula is C51H37N3. The lowest BCUT2D eigenvalue weighted by Crippen LogP contribution is -2.18. The van der Waals surface area contributed by atoms with Crippen LogP contribution in [0.1, 0.15) is 16.7 Å². The maximum Gasteiger partial charge on any atom is 0.0589 e. The Balaban J connectivity index is 1.08. The van der Waals surface area contributed by atoms with Crippen LogP contribution in [0.3, 0.4) is 0 Å². The zero-order valence-corrected chi connectivity index (χ0v) is 30.0. The Hall–Kier alpha value is -7.10. The van der Waals surface area contributed by atoms with Crippen LogP contribution >= 0.6 is 0 Å². The van der Waals surface area contributed by atoms with Crippen molar-refractivity contribution in [3.05, 3.63) is 223 Å². The molecule has 0 radical (unpaired) electrons. The molecule has 0 saturated carbocycles. The van der Waals surface area contributed by atoms with Crippen molar-refractivity contribution in [3.63, 3.8) is 0 Å². The van der Waals surface area contributed by atoms with Crippen molar-refractivity contribution < 1.29 is 0 Å². The molecule has 3 heteroatoms. The molecule has 2 heterocycles. The van der Waals surface area contributed by atoms with Gasteiger partial charge in [-0.3, -0.25) is 0 Å². The smallest absolute Gasteiger partial charge is 0.0589 e. The summed E-state index contributed by atoms with van der Waals surface area (Å²) in [5.74, 6) is 0. The van der Waals surface area contributed by atoms with Gasteiger partial charge in [-0.05, 0) is 77.4 Å². The summed E-state index contributed by atoms with van der Waals surface area (Å²) >= 11 is 0. The molecule has 0 bridgehead atoms. The number of hydrogen-bond donors (Lipinski definition) is 0. The van der Waals surface area contributed by atoms with Gasteiger partial charge in [-0.2, -0.15) is 0 Å². The highest BCUT2D eigenvalue weighted by Crippen LogP contribution is 2.50. The van der Waals surface area contributed by atoms with Gasteiger partial charge in [0.25, 0.3) is 0 Å². The van der Waals surface area contributed by atoms with E-state index < -0.39 is 0 Å². The summed E-state index contributed by atoms with van der Waals surface area (Å²) in [5.41, 5.74) is 16.4. The van der Waals surface area contributed by atoms with E-state index in [2.05, 4.69) is 228 Å². The van der Waals surface area contributed by atoms with Crippen molar-refractivity contribution >= 4 is 55.8 Å². The first kappa shape index (κ1) is 31.6. The number of fused-ring (bicyclic) bond motifs is 5. The third kappa shape index (κ3) is 5.21. The number of anilines is 4. The fourth-order valence-electron chi connectivity index (χ4n) is 8.25. The van der Waals surface area contributed by atoms with Crippen LogP contribution in [0.5, 0.6) is 0 Å². The largest absolute Gasteiger partial charge is 0.344 e. The maximum absolute atomic E-state index is 2.43. The van der Waals surface area contributed by atoms with Crippen LogP contribution < -0.4 is 9.80 Å². The first-order chi connectivity index (χ1) is 26.7. The number of hydrogen-bond acceptors (Lipinski definition) is 2. The van der Waals surface area contributed by atoms with Crippen molar-refractivity contribution in [1.82, 2.24) is 4.57 Å². The third-order valence-electron chi connectivity index (χ3n) is 10.8. The van der Waals surface area contributed by atoms with E-state index in [-0.39, 0.29) is 0 Å². The number of benzene rings is 8. The summed E-state index contributed by atoms with van der Waals surface area (Å²) in [5, 5.41) is 2.55. The molecule has 0 spiro atoms. The van der Waals surface area contributed by atoms with Crippen LogP contribution in [-0.2, 0) is 0 Å². The molecule has 1 aliphatic rings. The van der Waals surface area contributed by atoms with Gasteiger partial charge in [0, 0.05) is 51.6 Å². The summed E-state index contributed by atoms with van der Waals surface area (Å²) in [7, 11) is 2.18. The lowest BCUT2D eigenvalue weighted by Gasteiger charge is -2.29. The molecule has 0 unspecified atom stereocenters. The van der Waals surface area contributed by atoms with Crippen molar-refractivity contribution in [1.29, 1.82) is 0 Å². The Bertz CT molecular complexity index is 2760. The number of aromatic nitrogens is 1. The lowest BCUT2D eigenvalue weighted by atomic mass is 9.92. The summed E-state index contributed by atoms with van der Waals surface area (Å²) in [6.45, 7) is 0. The second kappa shape index (κ2) is 13.1. The molecule has 0 fully saturated rings. The van der Waals surface area contributed by atoms with Crippen LogP contribution in [-0.4, -0.2) is 11.6 Å². The molecule has 256 valence electrons. The highest BCUT2D eigenvalue weighted by Gasteiger charge is 2.30. The second-order valence-corrected chi connectivity index (χ2v) is 13.8. The van der Waals surface area contributed by atoms with Gasteiger partial charge in [-0.1, -0.05) is 146 Å². The first-order valence-corrected chi connectivity index (χ1v) is 18.5. The fraction of sp³-hybridized carbons (Fsp3) is 0.0196. The maximum atomic E-state index is 2.43. The van der Waals surface area contributed by atoms with E-state index in [0.717, 1.165) is 34.1 Å². The standard InChI is InChI=1S/C51H37N3/c1-52(39-18-6-3-7-19-39)51-45-23-11-15-27-49(45)54(48-26-14-10-22-44(48)50(51)38-16-4-2-5-17-38)41-34-30-37(31-35-41)36-28-32-40(33-29-36)53-46-24-12-8-20-42(46)43-21-9-13-25-47(43)53/h2-35H,1H3. The van der Waals surface area contributed by atoms with Gasteiger partial charge in [-0.25, -0.2) is 0 Å². The van der Waals surface area contributed by atoms with Crippen LogP contribution in [0.15, 0.2) is 206 Å². The topological polar surface area (TPSA) is 11.4 Å². The molecule has 1 aliphatic heterocycles. The predicted molar refractivity (Wildman–Crippen MR) is 228 cm³/mol. The van der Waals surface area contributed by atoms with E-state index in [0.29, 0.717) is 0 Å². The number of rotatable bonds is 6. The van der Waals surface area contributed by atoms with Gasteiger partial charge in [0.15, 0.2) is 0 Å². The molecule has 1 aromatic heterocycles. The van der Waals surface area contributed by atoms with Gasteiger partial charge in [0.05, 0.1) is 28.1 Å². The Morgan fingerprint density at radius 3 is 1.44 bits per heavy atom. The molecular weight excluding hydrogens is 655 g/mol. The van der Waals surface area contributed by atoms with E-state index >= 15 is 0 Å². The minimum Gasteiger partial charge on any atom is -0.344 e. The number of nitrogens with zero attached hydrogens (tertiary/aromatic N) is 3. The molecule has 0 atom stereocenters. The zero-order chi connectivity index (χ0) is 36.0. The average Bonchev–Trinajstić information content (AvgIpc) is 3.52. The molecule has 8 aromatic carbocycles. The molecule has 10 rings (SSSR count). The Labute approximate surface area is 315 Å². The van der Waals surface area contributed by atoms with Crippen LogP contribution in [0.2, 0.25) is 0 Å². The van der Waals surface area contributed by atoms with E-state index in [9.17, 15) is 0 Å². The summed E-state index contributed by atoms with van der Waals surface area (Å²) in [6, 6.07) is 74.4. The molecule has 9 aromatic rings. The minimum absolute atomic E-state index is 1.11. The molecule has 3 nitrogen and oxygen atoms in total. The lowest BCUT2D eigenvalue weighted by molar-refractivity contribution is 1.18. The fourth-order valence-corrected chi connectivity index (χ4v) is 8.25. The average molecular weight is 692 g/mol. The van der Waals surface area contributed by atoms with Crippen molar-refractivity contribution in [2.75, 3.05) is 16.8 Å². The zero-order valence-electron chi connectivity index (χ0n) is 30.0. The van der Waals surface area contributed by atoms with Gasteiger partial charge < -0.3 is 14.4 Å². The normalized spacial score (nSPS) is 12.4. The van der Waals surface area contributed by atoms with Gasteiger partial charge in [-0.15, -0.1) is 0 Å². The number of para-hydroxylation sites is 5. The van der Waals surface area contributed by atoms with E-state index in [4.69, 9.17) is 0 Å². The minimum atomic E-state index is 1.11. The van der Waals surface area contributed by atoms with Crippen LogP contribution in [0.25, 0.3) is 49.9 Å². The van der Waals surface area contributed by atoms with E-state index in [1.54, 1.807) is 0 Å². The highest BCUT2D eigenvalue weighted by molar-refractivity contribution is 6.11. The molecule has 54 heavy (non-hydrogen) atoms. The molecule has 0 aliphatic carbocycles. The van der Waals surface area contributed by atoms with Crippen molar-refractivity contribution in [2.45, 2.75) is 0 Å². The van der Waals surface area contributed by atoms with Crippen LogP contribution in [0.4, 0.5) is 22.7 Å². The predicted octanol–water partition coefficient (Wildman–Crippen LogP) is 13.3. The monoisotopic (exact) mass is 691 g/mol. The SMILES string of the molecule is CN(C1=C(c2ccccc2)c2ccccc2N(c2ccc(-c3ccc(-n4c5ccccc5c5ccccc54)cc3)cc2)c2ccccc21)c1ccccc1. The summed E-state index contributed by atoms with van der Waals surface area (Å²) in [6.07, 6.45) is 0. The van der Waals surface area contributed by atoms with Crippen molar-refractivity contribution in [2.24, 2.45) is 0 Å². The quantitative estimate of drug-likeness (QED) is 0.172. The highest BCUT2D eigenvalue weighted by atomic mass is 15.2. The summed E-state index contributed by atoms with van der Waals surface area (Å²) < 4.78 is 2.37. The van der Waals surface area contributed by atoms with E-state index in [1.165, 1.54) is 55.2 Å². The Morgan fingerprint density at radius 1 is 0.370 bits per heavy atom. The second-order valence-electron chi connectivity index (χ2n) is 13.8. The van der Waals surface area contributed by atoms with Crippen LogP contribution in [0, 0.1) is 0 Å². The third-order valence-corrected chi connectivity index (χ3v) is 10.8.